The number of hydrogen-bond acceptors (Lipinski definition) is 5. The van der Waals surface area contributed by atoms with E-state index in [9.17, 15) is 9.59 Å². The second kappa shape index (κ2) is 12.1. The monoisotopic (exact) mass is 439 g/mol. The van der Waals surface area contributed by atoms with Crippen LogP contribution in [-0.2, 0) is 16.1 Å². The number of benzene rings is 2. The summed E-state index contributed by atoms with van der Waals surface area (Å²) < 4.78 is 11.2. The van der Waals surface area contributed by atoms with Gasteiger partial charge in [0.05, 0.1) is 25.4 Å². The predicted molar refractivity (Wildman–Crippen MR) is 125 cm³/mol. The van der Waals surface area contributed by atoms with E-state index in [1.54, 1.807) is 6.07 Å². The van der Waals surface area contributed by atoms with Gasteiger partial charge in [0.25, 0.3) is 0 Å². The van der Waals surface area contributed by atoms with E-state index in [1.165, 1.54) is 0 Å². The summed E-state index contributed by atoms with van der Waals surface area (Å²) in [7, 11) is 0. The largest absolute Gasteiger partial charge is 0.494 e. The lowest BCUT2D eigenvalue weighted by atomic mass is 9.96. The number of nitrogens with one attached hydrogen (secondary N) is 2. The van der Waals surface area contributed by atoms with Crippen LogP contribution in [0.25, 0.3) is 0 Å². The molecule has 0 saturated carbocycles. The van der Waals surface area contributed by atoms with Crippen molar-refractivity contribution in [2.24, 2.45) is 5.92 Å². The molecular formula is C25H33N3O4. The van der Waals surface area contributed by atoms with Gasteiger partial charge in [0.1, 0.15) is 11.5 Å². The highest BCUT2D eigenvalue weighted by Gasteiger charge is 2.26. The number of amides is 2. The first-order valence-electron chi connectivity index (χ1n) is 11.3. The van der Waals surface area contributed by atoms with E-state index in [2.05, 4.69) is 15.5 Å². The third kappa shape index (κ3) is 6.99. The van der Waals surface area contributed by atoms with Crippen molar-refractivity contribution in [3.05, 3.63) is 54.1 Å². The fourth-order valence-electron chi connectivity index (χ4n) is 3.82. The van der Waals surface area contributed by atoms with Gasteiger partial charge in [-0.05, 0) is 57.5 Å². The Kier molecular flexibility index (Phi) is 8.92. The van der Waals surface area contributed by atoms with E-state index in [0.29, 0.717) is 50.0 Å². The van der Waals surface area contributed by atoms with Crippen molar-refractivity contribution in [3.63, 3.8) is 0 Å². The molecule has 0 spiro atoms. The maximum Gasteiger partial charge on any atom is 0.238 e. The molecule has 0 unspecified atom stereocenters. The predicted octanol–water partition coefficient (Wildman–Crippen LogP) is 3.45. The zero-order valence-corrected chi connectivity index (χ0v) is 18.9. The fraction of sp³-hybridized carbons (Fsp3) is 0.440. The van der Waals surface area contributed by atoms with Gasteiger partial charge in [-0.3, -0.25) is 14.5 Å². The Hall–Kier alpha value is -3.06. The normalized spacial score (nSPS) is 14.6. The molecule has 0 bridgehead atoms. The molecule has 2 aromatic rings. The van der Waals surface area contributed by atoms with Crippen molar-refractivity contribution in [1.82, 2.24) is 10.2 Å². The number of hydrogen-bond donors (Lipinski definition) is 2. The number of carbonyl (C=O) groups excluding carboxylic acids is 2. The van der Waals surface area contributed by atoms with Crippen molar-refractivity contribution in [2.75, 3.05) is 38.2 Å². The zero-order valence-electron chi connectivity index (χ0n) is 18.9. The number of carbonyl (C=O) groups is 2. The van der Waals surface area contributed by atoms with Crippen LogP contribution in [-0.4, -0.2) is 49.6 Å². The first-order valence-corrected chi connectivity index (χ1v) is 11.3. The first kappa shape index (κ1) is 23.6. The van der Waals surface area contributed by atoms with Crippen LogP contribution in [0.3, 0.4) is 0 Å². The van der Waals surface area contributed by atoms with Gasteiger partial charge < -0.3 is 20.1 Å². The molecule has 172 valence electrons. The molecule has 7 heteroatoms. The van der Waals surface area contributed by atoms with E-state index < -0.39 is 0 Å². The Morgan fingerprint density at radius 3 is 2.41 bits per heavy atom. The lowest BCUT2D eigenvalue weighted by molar-refractivity contribution is -0.126. The molecule has 3 rings (SSSR count). The Bertz CT molecular complexity index is 880. The minimum Gasteiger partial charge on any atom is -0.494 e. The molecule has 0 radical (unpaired) electrons. The summed E-state index contributed by atoms with van der Waals surface area (Å²) >= 11 is 0. The summed E-state index contributed by atoms with van der Waals surface area (Å²) in [6.07, 6.45) is 1.50. The Morgan fingerprint density at radius 1 is 1.00 bits per heavy atom. The quantitative estimate of drug-likeness (QED) is 0.593. The lowest BCUT2D eigenvalue weighted by Gasteiger charge is -2.30. The zero-order chi connectivity index (χ0) is 22.8. The highest BCUT2D eigenvalue weighted by atomic mass is 16.5. The Balaban J connectivity index is 1.46. The third-order valence-corrected chi connectivity index (χ3v) is 5.47. The van der Waals surface area contributed by atoms with E-state index >= 15 is 0 Å². The molecule has 1 saturated heterocycles. The Labute approximate surface area is 190 Å². The molecule has 2 N–H and O–H groups in total. The van der Waals surface area contributed by atoms with Crippen LogP contribution in [0, 0.1) is 5.92 Å². The molecule has 32 heavy (non-hydrogen) atoms. The molecule has 1 fully saturated rings. The van der Waals surface area contributed by atoms with Crippen LogP contribution in [0.5, 0.6) is 11.5 Å². The van der Waals surface area contributed by atoms with Gasteiger partial charge in [0, 0.05) is 18.5 Å². The number of anilines is 1. The maximum absolute atomic E-state index is 12.7. The average molecular weight is 440 g/mol. The highest BCUT2D eigenvalue weighted by molar-refractivity contribution is 5.94. The SMILES string of the molecule is CCOc1ccc(OCC)c(NC(=O)CN2CCC(C(=O)NCc3ccccc3)CC2)c1. The van der Waals surface area contributed by atoms with Crippen LogP contribution >= 0.6 is 0 Å². The van der Waals surface area contributed by atoms with Gasteiger partial charge in [-0.2, -0.15) is 0 Å². The van der Waals surface area contributed by atoms with Gasteiger partial charge in [-0.1, -0.05) is 30.3 Å². The van der Waals surface area contributed by atoms with Crippen molar-refractivity contribution in [2.45, 2.75) is 33.2 Å². The standard InChI is InChI=1S/C25H33N3O4/c1-3-31-21-10-11-23(32-4-2)22(16-21)27-24(29)18-28-14-12-20(13-15-28)25(30)26-17-19-8-6-5-7-9-19/h5-11,16,20H,3-4,12-15,17-18H2,1-2H3,(H,26,30)(H,27,29). The molecule has 0 aliphatic carbocycles. The summed E-state index contributed by atoms with van der Waals surface area (Å²) in [5, 5.41) is 5.98. The number of nitrogens with zero attached hydrogens (tertiary/aromatic N) is 1. The molecule has 1 heterocycles. The van der Waals surface area contributed by atoms with Crippen LogP contribution in [0.2, 0.25) is 0 Å². The summed E-state index contributed by atoms with van der Waals surface area (Å²) in [5.74, 6) is 1.29. The Morgan fingerprint density at radius 2 is 1.72 bits per heavy atom. The number of ether oxygens (including phenoxy) is 2. The van der Waals surface area contributed by atoms with Gasteiger partial charge in [0.2, 0.25) is 11.8 Å². The third-order valence-electron chi connectivity index (χ3n) is 5.47. The minimum absolute atomic E-state index is 0.00884. The summed E-state index contributed by atoms with van der Waals surface area (Å²) in [5.41, 5.74) is 1.70. The van der Waals surface area contributed by atoms with Gasteiger partial charge >= 0.3 is 0 Å². The van der Waals surface area contributed by atoms with E-state index in [4.69, 9.17) is 9.47 Å². The average Bonchev–Trinajstić information content (AvgIpc) is 2.80. The summed E-state index contributed by atoms with van der Waals surface area (Å²) in [4.78, 5) is 27.2. The molecular weight excluding hydrogens is 406 g/mol. The molecule has 0 aromatic heterocycles. The second-order valence-corrected chi connectivity index (χ2v) is 7.83. The summed E-state index contributed by atoms with van der Waals surface area (Å²) in [6.45, 7) is 7.14. The smallest absolute Gasteiger partial charge is 0.238 e. The second-order valence-electron chi connectivity index (χ2n) is 7.83. The molecule has 7 nitrogen and oxygen atoms in total. The van der Waals surface area contributed by atoms with Crippen LogP contribution in [0.4, 0.5) is 5.69 Å². The van der Waals surface area contributed by atoms with Crippen molar-refractivity contribution < 1.29 is 19.1 Å². The van der Waals surface area contributed by atoms with Crippen LogP contribution in [0.1, 0.15) is 32.3 Å². The maximum atomic E-state index is 12.7. The molecule has 2 aromatic carbocycles. The summed E-state index contributed by atoms with van der Waals surface area (Å²) in [6, 6.07) is 15.3. The molecule has 1 aliphatic heterocycles. The van der Waals surface area contributed by atoms with Crippen molar-refractivity contribution in [3.8, 4) is 11.5 Å². The van der Waals surface area contributed by atoms with Crippen LogP contribution < -0.4 is 20.1 Å². The van der Waals surface area contributed by atoms with Crippen molar-refractivity contribution >= 4 is 17.5 Å². The minimum atomic E-state index is -0.105. The topological polar surface area (TPSA) is 79.9 Å². The fourth-order valence-corrected chi connectivity index (χ4v) is 3.82. The lowest BCUT2D eigenvalue weighted by Crippen LogP contribution is -2.43. The van der Waals surface area contributed by atoms with Crippen LogP contribution in [0.15, 0.2) is 48.5 Å². The molecule has 1 aliphatic rings. The number of likely N-dealkylation sites (tertiary alicyclic amines) is 1. The van der Waals surface area contributed by atoms with Gasteiger partial charge in [0.15, 0.2) is 0 Å². The van der Waals surface area contributed by atoms with E-state index in [0.717, 1.165) is 18.4 Å². The van der Waals surface area contributed by atoms with Gasteiger partial charge in [-0.25, -0.2) is 0 Å². The van der Waals surface area contributed by atoms with E-state index in [-0.39, 0.29) is 24.3 Å². The first-order chi connectivity index (χ1) is 15.6. The number of piperidine rings is 1. The van der Waals surface area contributed by atoms with E-state index in [1.807, 2.05) is 56.3 Å². The van der Waals surface area contributed by atoms with Gasteiger partial charge in [-0.15, -0.1) is 0 Å². The molecule has 0 atom stereocenters. The van der Waals surface area contributed by atoms with Crippen molar-refractivity contribution in [1.29, 1.82) is 0 Å². The highest BCUT2D eigenvalue weighted by Crippen LogP contribution is 2.29. The molecule has 2 amide bonds. The number of rotatable bonds is 10.